The van der Waals surface area contributed by atoms with Crippen molar-refractivity contribution in [3.63, 3.8) is 0 Å². The summed E-state index contributed by atoms with van der Waals surface area (Å²) in [6, 6.07) is 7.96. The average Bonchev–Trinajstić information content (AvgIpc) is 2.42. The molecule has 0 saturated heterocycles. The summed E-state index contributed by atoms with van der Waals surface area (Å²) in [6.45, 7) is 6.11. The van der Waals surface area contributed by atoms with Gasteiger partial charge in [0, 0.05) is 24.1 Å². The fourth-order valence-electron chi connectivity index (χ4n) is 2.42. The molecule has 0 spiro atoms. The second-order valence-corrected chi connectivity index (χ2v) is 5.68. The van der Waals surface area contributed by atoms with Gasteiger partial charge < -0.3 is 14.8 Å². The maximum absolute atomic E-state index is 6.00. The van der Waals surface area contributed by atoms with Gasteiger partial charge in [-0.25, -0.2) is 0 Å². The highest BCUT2D eigenvalue weighted by Crippen LogP contribution is 2.30. The first-order chi connectivity index (χ1) is 9.74. The Morgan fingerprint density at radius 1 is 1.30 bits per heavy atom. The first kappa shape index (κ1) is 15.6. The van der Waals surface area contributed by atoms with Gasteiger partial charge in [0.05, 0.1) is 0 Å². The molecule has 0 bridgehead atoms. The third-order valence-electron chi connectivity index (χ3n) is 3.50. The fraction of sp³-hybridized carbons (Fsp3) is 0.625. The molecule has 0 amide bonds. The van der Waals surface area contributed by atoms with Crippen molar-refractivity contribution in [1.29, 1.82) is 0 Å². The van der Waals surface area contributed by atoms with E-state index in [1.54, 1.807) is 0 Å². The molecule has 3 unspecified atom stereocenters. The van der Waals surface area contributed by atoms with E-state index in [9.17, 15) is 0 Å². The van der Waals surface area contributed by atoms with E-state index >= 15 is 0 Å². The van der Waals surface area contributed by atoms with Crippen molar-refractivity contribution in [2.24, 2.45) is 0 Å². The number of hydrogen-bond donors (Lipinski definition) is 1. The summed E-state index contributed by atoms with van der Waals surface area (Å²) in [5.74, 6) is 0.821. The van der Waals surface area contributed by atoms with Gasteiger partial charge in [-0.1, -0.05) is 31.5 Å². The van der Waals surface area contributed by atoms with Crippen LogP contribution in [0.15, 0.2) is 24.3 Å². The molecule has 20 heavy (non-hydrogen) atoms. The number of benzene rings is 1. The van der Waals surface area contributed by atoms with Gasteiger partial charge in [0.2, 0.25) is 0 Å². The lowest BCUT2D eigenvalue weighted by molar-refractivity contribution is -0.107. The lowest BCUT2D eigenvalue weighted by Crippen LogP contribution is -2.61. The molecule has 112 valence electrons. The van der Waals surface area contributed by atoms with Crippen LogP contribution in [0.3, 0.4) is 0 Å². The lowest BCUT2D eigenvalue weighted by Gasteiger charge is -2.44. The standard InChI is InChI=1S/C16H24ClNO2/c1-3-8-18-14-11-15(16(14)19-9-4-2)20-13-7-5-6-12(17)10-13/h5-7,10,14-16,18H,3-4,8-9,11H2,1-2H3. The van der Waals surface area contributed by atoms with Gasteiger partial charge in [-0.15, -0.1) is 0 Å². The molecule has 1 aliphatic rings. The summed E-state index contributed by atoms with van der Waals surface area (Å²) in [7, 11) is 0. The second-order valence-electron chi connectivity index (χ2n) is 5.25. The van der Waals surface area contributed by atoms with E-state index in [0.717, 1.165) is 38.2 Å². The summed E-state index contributed by atoms with van der Waals surface area (Å²) in [4.78, 5) is 0. The van der Waals surface area contributed by atoms with Crippen LogP contribution in [0.1, 0.15) is 33.1 Å². The zero-order valence-electron chi connectivity index (χ0n) is 12.3. The van der Waals surface area contributed by atoms with Gasteiger partial charge in [0.1, 0.15) is 18.0 Å². The highest BCUT2D eigenvalue weighted by Gasteiger charge is 2.43. The van der Waals surface area contributed by atoms with Crippen molar-refractivity contribution >= 4 is 11.6 Å². The molecule has 1 N–H and O–H groups in total. The highest BCUT2D eigenvalue weighted by atomic mass is 35.5. The van der Waals surface area contributed by atoms with E-state index in [0.29, 0.717) is 11.1 Å². The van der Waals surface area contributed by atoms with Crippen LogP contribution < -0.4 is 10.1 Å². The molecule has 2 rings (SSSR count). The van der Waals surface area contributed by atoms with E-state index in [1.807, 2.05) is 24.3 Å². The maximum atomic E-state index is 6.00. The molecule has 0 aliphatic heterocycles. The minimum Gasteiger partial charge on any atom is -0.488 e. The lowest BCUT2D eigenvalue weighted by atomic mass is 9.85. The molecule has 3 nitrogen and oxygen atoms in total. The fourth-order valence-corrected chi connectivity index (χ4v) is 2.60. The molecule has 0 radical (unpaired) electrons. The second kappa shape index (κ2) is 7.87. The SMILES string of the molecule is CCCNC1CC(Oc2cccc(Cl)c2)C1OCCC. The van der Waals surface area contributed by atoms with Crippen molar-refractivity contribution in [3.8, 4) is 5.75 Å². The van der Waals surface area contributed by atoms with Crippen molar-refractivity contribution in [3.05, 3.63) is 29.3 Å². The zero-order chi connectivity index (χ0) is 14.4. The third kappa shape index (κ3) is 4.11. The number of rotatable bonds is 8. The summed E-state index contributed by atoms with van der Waals surface area (Å²) < 4.78 is 11.9. The van der Waals surface area contributed by atoms with Gasteiger partial charge in [0.15, 0.2) is 0 Å². The summed E-state index contributed by atoms with van der Waals surface area (Å²) >= 11 is 5.98. The molecule has 1 fully saturated rings. The predicted octanol–water partition coefficient (Wildman–Crippen LogP) is 3.65. The molecule has 3 atom stereocenters. The number of hydrogen-bond acceptors (Lipinski definition) is 3. The Bertz CT molecular complexity index is 413. The topological polar surface area (TPSA) is 30.5 Å². The smallest absolute Gasteiger partial charge is 0.128 e. The van der Waals surface area contributed by atoms with E-state index in [4.69, 9.17) is 21.1 Å². The van der Waals surface area contributed by atoms with Crippen molar-refractivity contribution in [2.45, 2.75) is 51.4 Å². The summed E-state index contributed by atoms with van der Waals surface area (Å²) in [5.41, 5.74) is 0. The predicted molar refractivity (Wildman–Crippen MR) is 82.6 cm³/mol. The summed E-state index contributed by atoms with van der Waals surface area (Å²) in [5, 5.41) is 4.23. The van der Waals surface area contributed by atoms with Gasteiger partial charge in [-0.3, -0.25) is 0 Å². The number of ether oxygens (including phenoxy) is 2. The average molecular weight is 298 g/mol. The van der Waals surface area contributed by atoms with Crippen LogP contribution in [-0.4, -0.2) is 31.4 Å². The molecular formula is C16H24ClNO2. The van der Waals surface area contributed by atoms with E-state index < -0.39 is 0 Å². The Kier molecular flexibility index (Phi) is 6.14. The third-order valence-corrected chi connectivity index (χ3v) is 3.74. The van der Waals surface area contributed by atoms with Gasteiger partial charge in [-0.2, -0.15) is 0 Å². The minimum atomic E-state index is 0.120. The van der Waals surface area contributed by atoms with Crippen LogP contribution in [0.2, 0.25) is 5.02 Å². The van der Waals surface area contributed by atoms with Crippen LogP contribution in [0.4, 0.5) is 0 Å². The Morgan fingerprint density at radius 3 is 2.85 bits per heavy atom. The first-order valence-corrected chi connectivity index (χ1v) is 7.89. The Balaban J connectivity index is 1.90. The van der Waals surface area contributed by atoms with Gasteiger partial charge in [0.25, 0.3) is 0 Å². The maximum Gasteiger partial charge on any atom is 0.128 e. The van der Waals surface area contributed by atoms with Crippen LogP contribution in [0, 0.1) is 0 Å². The molecule has 1 aromatic carbocycles. The molecule has 1 aromatic rings. The Labute approximate surface area is 126 Å². The molecular weight excluding hydrogens is 274 g/mol. The van der Waals surface area contributed by atoms with Gasteiger partial charge >= 0.3 is 0 Å². The highest BCUT2D eigenvalue weighted by molar-refractivity contribution is 6.30. The van der Waals surface area contributed by atoms with Crippen LogP contribution in [0.25, 0.3) is 0 Å². The van der Waals surface area contributed by atoms with Crippen molar-refractivity contribution in [1.82, 2.24) is 5.32 Å². The quantitative estimate of drug-likeness (QED) is 0.794. The number of halogens is 1. The Hall–Kier alpha value is -0.770. The Morgan fingerprint density at radius 2 is 2.15 bits per heavy atom. The zero-order valence-corrected chi connectivity index (χ0v) is 13.0. The minimum absolute atomic E-state index is 0.120. The van der Waals surface area contributed by atoms with Crippen LogP contribution in [-0.2, 0) is 4.74 Å². The van der Waals surface area contributed by atoms with E-state index in [2.05, 4.69) is 19.2 Å². The van der Waals surface area contributed by atoms with Crippen molar-refractivity contribution < 1.29 is 9.47 Å². The molecule has 1 aliphatic carbocycles. The normalized spacial score (nSPS) is 25.2. The molecule has 1 saturated carbocycles. The monoisotopic (exact) mass is 297 g/mol. The molecule has 0 heterocycles. The molecule has 4 heteroatoms. The van der Waals surface area contributed by atoms with E-state index in [1.165, 1.54) is 0 Å². The van der Waals surface area contributed by atoms with E-state index in [-0.39, 0.29) is 12.2 Å². The largest absolute Gasteiger partial charge is 0.488 e. The van der Waals surface area contributed by atoms with Crippen LogP contribution >= 0.6 is 11.6 Å². The first-order valence-electron chi connectivity index (χ1n) is 7.51. The summed E-state index contributed by atoms with van der Waals surface area (Å²) in [6.07, 6.45) is 3.41. The van der Waals surface area contributed by atoms with Crippen molar-refractivity contribution in [2.75, 3.05) is 13.2 Å². The number of nitrogens with one attached hydrogen (secondary N) is 1. The van der Waals surface area contributed by atoms with Gasteiger partial charge in [-0.05, 0) is 37.6 Å². The van der Waals surface area contributed by atoms with Crippen LogP contribution in [0.5, 0.6) is 5.75 Å². The molecule has 0 aromatic heterocycles.